The number of amides is 1. The van der Waals surface area contributed by atoms with Gasteiger partial charge in [-0.2, -0.15) is 0 Å². The minimum atomic E-state index is 0. The molecule has 2 heterocycles. The number of aromatic nitrogens is 1. The summed E-state index contributed by atoms with van der Waals surface area (Å²) in [5.74, 6) is 0.0842. The van der Waals surface area contributed by atoms with Crippen LogP contribution >= 0.6 is 12.4 Å². The monoisotopic (exact) mass is 303 g/mol. The average Bonchev–Trinajstić information content (AvgIpc) is 2.56. The molecule has 1 amide bonds. The Hall–Kier alpha value is -1.91. The van der Waals surface area contributed by atoms with E-state index in [4.69, 9.17) is 0 Å². The summed E-state index contributed by atoms with van der Waals surface area (Å²) in [6, 6.07) is 13.4. The van der Waals surface area contributed by atoms with E-state index in [1.54, 1.807) is 6.20 Å². The van der Waals surface area contributed by atoms with Crippen LogP contribution in [0.2, 0.25) is 0 Å². The first kappa shape index (κ1) is 15.5. The van der Waals surface area contributed by atoms with Crippen molar-refractivity contribution in [3.63, 3.8) is 0 Å². The Morgan fingerprint density at radius 1 is 1.19 bits per heavy atom. The van der Waals surface area contributed by atoms with Crippen LogP contribution in [0.1, 0.15) is 22.0 Å². The highest BCUT2D eigenvalue weighted by Gasteiger charge is 2.28. The molecule has 21 heavy (non-hydrogen) atoms. The van der Waals surface area contributed by atoms with Crippen molar-refractivity contribution in [2.24, 2.45) is 0 Å². The third-order valence-electron chi connectivity index (χ3n) is 3.59. The fraction of sp³-hybridized carbons (Fsp3) is 0.250. The molecular weight excluding hydrogens is 286 g/mol. The highest BCUT2D eigenvalue weighted by molar-refractivity contribution is 5.94. The Kier molecular flexibility index (Phi) is 5.31. The second-order valence-corrected chi connectivity index (χ2v) is 4.87. The van der Waals surface area contributed by atoms with Gasteiger partial charge in [0.25, 0.3) is 5.91 Å². The number of halogens is 1. The number of nitrogens with one attached hydrogen (secondary N) is 1. The van der Waals surface area contributed by atoms with E-state index in [2.05, 4.69) is 10.3 Å². The molecule has 1 aliphatic rings. The second-order valence-electron chi connectivity index (χ2n) is 4.87. The molecule has 110 valence electrons. The maximum Gasteiger partial charge on any atom is 0.254 e. The van der Waals surface area contributed by atoms with Crippen molar-refractivity contribution >= 4 is 18.3 Å². The number of rotatable bonds is 2. The molecule has 1 N–H and O–H groups in total. The van der Waals surface area contributed by atoms with E-state index in [1.165, 1.54) is 0 Å². The number of pyridine rings is 1. The minimum absolute atomic E-state index is 0. The minimum Gasteiger partial charge on any atom is -0.329 e. The lowest BCUT2D eigenvalue weighted by Crippen LogP contribution is -2.48. The lowest BCUT2D eigenvalue weighted by molar-refractivity contribution is 0.0634. The van der Waals surface area contributed by atoms with Gasteiger partial charge in [0.05, 0.1) is 6.04 Å². The van der Waals surface area contributed by atoms with Crippen molar-refractivity contribution in [3.05, 3.63) is 66.0 Å². The van der Waals surface area contributed by atoms with Gasteiger partial charge in [-0.15, -0.1) is 12.4 Å². The molecule has 3 rings (SSSR count). The molecule has 0 aliphatic carbocycles. The van der Waals surface area contributed by atoms with Gasteiger partial charge in [-0.1, -0.05) is 24.3 Å². The van der Waals surface area contributed by atoms with Gasteiger partial charge in [-0.05, 0) is 23.8 Å². The third kappa shape index (κ3) is 3.40. The average molecular weight is 304 g/mol. The second kappa shape index (κ2) is 7.20. The van der Waals surface area contributed by atoms with E-state index in [-0.39, 0.29) is 24.4 Å². The molecule has 2 aromatic rings. The van der Waals surface area contributed by atoms with Gasteiger partial charge in [0, 0.05) is 37.6 Å². The fourth-order valence-electron chi connectivity index (χ4n) is 2.56. The van der Waals surface area contributed by atoms with Crippen LogP contribution in [0, 0.1) is 0 Å². The highest BCUT2D eigenvalue weighted by Crippen LogP contribution is 2.23. The Balaban J connectivity index is 0.00000161. The van der Waals surface area contributed by atoms with Crippen LogP contribution in [-0.4, -0.2) is 35.4 Å². The van der Waals surface area contributed by atoms with Gasteiger partial charge in [-0.3, -0.25) is 9.78 Å². The van der Waals surface area contributed by atoms with Crippen LogP contribution in [-0.2, 0) is 0 Å². The Labute approximate surface area is 130 Å². The van der Waals surface area contributed by atoms with Gasteiger partial charge >= 0.3 is 0 Å². The third-order valence-corrected chi connectivity index (χ3v) is 3.59. The number of nitrogens with zero attached hydrogens (tertiary/aromatic N) is 2. The molecule has 0 spiro atoms. The molecule has 1 aromatic heterocycles. The van der Waals surface area contributed by atoms with Crippen LogP contribution in [0.5, 0.6) is 0 Å². The summed E-state index contributed by atoms with van der Waals surface area (Å²) in [7, 11) is 0. The quantitative estimate of drug-likeness (QED) is 0.926. The Morgan fingerprint density at radius 2 is 2.00 bits per heavy atom. The normalized spacial score (nSPS) is 17.9. The number of carbonyl (C=O) groups is 1. The molecule has 1 unspecified atom stereocenters. The van der Waals surface area contributed by atoms with E-state index < -0.39 is 0 Å². The van der Waals surface area contributed by atoms with Crippen molar-refractivity contribution in [2.45, 2.75) is 6.04 Å². The summed E-state index contributed by atoms with van der Waals surface area (Å²) in [6.07, 6.45) is 3.59. The Bertz CT molecular complexity index is 577. The van der Waals surface area contributed by atoms with Crippen molar-refractivity contribution in [3.8, 4) is 0 Å². The summed E-state index contributed by atoms with van der Waals surface area (Å²) in [4.78, 5) is 18.8. The number of hydrogen-bond donors (Lipinski definition) is 1. The van der Waals surface area contributed by atoms with E-state index in [1.807, 2.05) is 53.6 Å². The lowest BCUT2D eigenvalue weighted by Gasteiger charge is -2.36. The molecule has 5 heteroatoms. The summed E-state index contributed by atoms with van der Waals surface area (Å²) < 4.78 is 0. The zero-order valence-corrected chi connectivity index (χ0v) is 12.4. The molecule has 4 nitrogen and oxygen atoms in total. The van der Waals surface area contributed by atoms with E-state index in [9.17, 15) is 4.79 Å². The molecule has 1 fully saturated rings. The molecule has 1 aromatic carbocycles. The maximum absolute atomic E-state index is 12.7. The molecule has 0 saturated carbocycles. The molecule has 1 atom stereocenters. The van der Waals surface area contributed by atoms with E-state index in [0.717, 1.165) is 24.2 Å². The number of carbonyl (C=O) groups excluding carboxylic acids is 1. The number of piperazine rings is 1. The van der Waals surface area contributed by atoms with Crippen molar-refractivity contribution in [2.75, 3.05) is 19.6 Å². The van der Waals surface area contributed by atoms with Crippen molar-refractivity contribution in [1.82, 2.24) is 15.2 Å². The largest absolute Gasteiger partial charge is 0.329 e. The van der Waals surface area contributed by atoms with E-state index in [0.29, 0.717) is 6.54 Å². The highest BCUT2D eigenvalue weighted by atomic mass is 35.5. The standard InChI is InChI=1S/C16H17N3O.ClH/c20-16(13-5-2-1-3-6-13)19-10-9-18-12-15(19)14-7-4-8-17-11-14;/h1-8,11,15,18H,9-10,12H2;1H. The molecule has 0 bridgehead atoms. The predicted molar refractivity (Wildman–Crippen MR) is 84.6 cm³/mol. The first-order chi connectivity index (χ1) is 9.86. The smallest absolute Gasteiger partial charge is 0.254 e. The number of hydrogen-bond acceptors (Lipinski definition) is 3. The van der Waals surface area contributed by atoms with Gasteiger partial charge < -0.3 is 10.2 Å². The molecule has 1 saturated heterocycles. The van der Waals surface area contributed by atoms with Crippen LogP contribution < -0.4 is 5.32 Å². The number of benzene rings is 1. The van der Waals surface area contributed by atoms with Gasteiger partial charge in [-0.25, -0.2) is 0 Å². The SMILES string of the molecule is Cl.O=C(c1ccccc1)N1CCNCC1c1cccnc1. The van der Waals surface area contributed by atoms with Crippen LogP contribution in [0.4, 0.5) is 0 Å². The fourth-order valence-corrected chi connectivity index (χ4v) is 2.56. The summed E-state index contributed by atoms with van der Waals surface area (Å²) in [6.45, 7) is 2.31. The van der Waals surface area contributed by atoms with Crippen LogP contribution in [0.25, 0.3) is 0 Å². The lowest BCUT2D eigenvalue weighted by atomic mass is 10.0. The van der Waals surface area contributed by atoms with Crippen molar-refractivity contribution < 1.29 is 4.79 Å². The van der Waals surface area contributed by atoms with E-state index >= 15 is 0 Å². The predicted octanol–water partition coefficient (Wildman–Crippen LogP) is 2.29. The first-order valence-corrected chi connectivity index (χ1v) is 6.83. The zero-order chi connectivity index (χ0) is 13.8. The van der Waals surface area contributed by atoms with Crippen molar-refractivity contribution in [1.29, 1.82) is 0 Å². The first-order valence-electron chi connectivity index (χ1n) is 6.83. The molecular formula is C16H18ClN3O. The summed E-state index contributed by atoms with van der Waals surface area (Å²) in [5, 5.41) is 3.35. The van der Waals surface area contributed by atoms with Gasteiger partial charge in [0.15, 0.2) is 0 Å². The topological polar surface area (TPSA) is 45.2 Å². The summed E-state index contributed by atoms with van der Waals surface area (Å²) >= 11 is 0. The zero-order valence-electron chi connectivity index (χ0n) is 11.6. The maximum atomic E-state index is 12.7. The summed E-state index contributed by atoms with van der Waals surface area (Å²) in [5.41, 5.74) is 1.81. The molecule has 0 radical (unpaired) electrons. The van der Waals surface area contributed by atoms with Gasteiger partial charge in [0.1, 0.15) is 0 Å². The van der Waals surface area contributed by atoms with Crippen LogP contribution in [0.15, 0.2) is 54.9 Å². The van der Waals surface area contributed by atoms with Crippen LogP contribution in [0.3, 0.4) is 0 Å². The Morgan fingerprint density at radius 3 is 2.71 bits per heavy atom. The molecule has 1 aliphatic heterocycles. The van der Waals surface area contributed by atoms with Gasteiger partial charge in [0.2, 0.25) is 0 Å².